The Bertz CT molecular complexity index is 1440. The van der Waals surface area contributed by atoms with Crippen LogP contribution in [0.1, 0.15) is 25.0 Å². The summed E-state index contributed by atoms with van der Waals surface area (Å²) in [5, 5.41) is 0. The molecule has 1 aliphatic rings. The van der Waals surface area contributed by atoms with Gasteiger partial charge in [-0.15, -0.1) is 0 Å². The number of nitrogens with two attached hydrogens (primary N) is 1. The summed E-state index contributed by atoms with van der Waals surface area (Å²) in [5.74, 6) is 5.90. The van der Waals surface area contributed by atoms with Crippen molar-refractivity contribution in [3.8, 4) is 34.9 Å². The van der Waals surface area contributed by atoms with E-state index in [1.54, 1.807) is 34.6 Å². The lowest BCUT2D eigenvalue weighted by Crippen LogP contribution is -2.26. The van der Waals surface area contributed by atoms with Crippen molar-refractivity contribution in [1.82, 2.24) is 24.3 Å². The minimum Gasteiger partial charge on any atom is -0.436 e. The van der Waals surface area contributed by atoms with Gasteiger partial charge in [0.2, 0.25) is 5.95 Å². The lowest BCUT2D eigenvalue weighted by atomic mass is 10.0. The maximum Gasteiger partial charge on any atom is 0.298 e. The second kappa shape index (κ2) is 8.83. The molecule has 2 N–H and O–H groups in total. The molecule has 8 nitrogen and oxygen atoms in total. The standard InChI is InChI=1S/C25H21FN6O2/c1-2-4-21(33)31-14-11-17(15-31)22-20-10-13-29-25(27)32(20)23(30-22)16-6-8-18(9-7-16)34-24-19(26)5-3-12-28-24/h3,5-10,12-13,17H,11,14-15H2,1H3,(H2,27,29). The second-order valence-corrected chi connectivity index (χ2v) is 7.87. The molecule has 1 amide bonds. The van der Waals surface area contributed by atoms with Crippen LogP contribution in [-0.4, -0.2) is 43.2 Å². The number of aromatic nitrogens is 4. The molecule has 1 unspecified atom stereocenters. The van der Waals surface area contributed by atoms with E-state index in [-0.39, 0.29) is 17.7 Å². The van der Waals surface area contributed by atoms with Crippen LogP contribution in [0.4, 0.5) is 10.3 Å². The fourth-order valence-corrected chi connectivity index (χ4v) is 4.16. The number of halogens is 1. The molecule has 1 aliphatic heterocycles. The molecule has 5 rings (SSSR count). The molecule has 1 saturated heterocycles. The van der Waals surface area contributed by atoms with E-state index >= 15 is 0 Å². The summed E-state index contributed by atoms with van der Waals surface area (Å²) in [6, 6.07) is 11.7. The maximum absolute atomic E-state index is 13.9. The third-order valence-corrected chi connectivity index (χ3v) is 5.76. The number of carbonyl (C=O) groups is 1. The van der Waals surface area contributed by atoms with E-state index in [1.807, 2.05) is 18.2 Å². The number of hydrogen-bond donors (Lipinski definition) is 1. The number of amides is 1. The first-order chi connectivity index (χ1) is 16.5. The van der Waals surface area contributed by atoms with E-state index in [0.29, 0.717) is 30.6 Å². The summed E-state index contributed by atoms with van der Waals surface area (Å²) in [7, 11) is 0. The van der Waals surface area contributed by atoms with Crippen molar-refractivity contribution in [1.29, 1.82) is 0 Å². The number of nitrogens with zero attached hydrogens (tertiary/aromatic N) is 5. The minimum absolute atomic E-state index is 0.0582. The predicted molar refractivity (Wildman–Crippen MR) is 124 cm³/mol. The van der Waals surface area contributed by atoms with E-state index in [9.17, 15) is 9.18 Å². The van der Waals surface area contributed by atoms with Gasteiger partial charge in [-0.1, -0.05) is 5.92 Å². The Labute approximate surface area is 195 Å². The van der Waals surface area contributed by atoms with Gasteiger partial charge in [0.15, 0.2) is 5.82 Å². The third-order valence-electron chi connectivity index (χ3n) is 5.76. The molecule has 0 bridgehead atoms. The number of fused-ring (bicyclic) bond motifs is 1. The normalized spacial score (nSPS) is 15.2. The van der Waals surface area contributed by atoms with Crippen molar-refractivity contribution < 1.29 is 13.9 Å². The average Bonchev–Trinajstić information content (AvgIpc) is 3.47. The van der Waals surface area contributed by atoms with Crippen LogP contribution in [-0.2, 0) is 4.79 Å². The van der Waals surface area contributed by atoms with Crippen LogP contribution in [0.15, 0.2) is 54.9 Å². The molecular weight excluding hydrogens is 435 g/mol. The van der Waals surface area contributed by atoms with E-state index in [1.165, 1.54) is 18.3 Å². The number of nitrogen functional groups attached to an aromatic ring is 1. The highest BCUT2D eigenvalue weighted by molar-refractivity contribution is 5.93. The van der Waals surface area contributed by atoms with Crippen LogP contribution in [0.3, 0.4) is 0 Å². The van der Waals surface area contributed by atoms with E-state index in [0.717, 1.165) is 23.2 Å². The number of carbonyl (C=O) groups excluding carboxylic acids is 1. The topological polar surface area (TPSA) is 98.6 Å². The highest BCUT2D eigenvalue weighted by Gasteiger charge is 2.30. The molecule has 0 radical (unpaired) electrons. The summed E-state index contributed by atoms with van der Waals surface area (Å²) in [6.45, 7) is 2.83. The molecule has 4 aromatic rings. The maximum atomic E-state index is 13.9. The number of hydrogen-bond acceptors (Lipinski definition) is 6. The zero-order chi connectivity index (χ0) is 23.7. The summed E-state index contributed by atoms with van der Waals surface area (Å²) in [4.78, 5) is 27.0. The highest BCUT2D eigenvalue weighted by Crippen LogP contribution is 2.34. The molecule has 0 aliphatic carbocycles. The van der Waals surface area contributed by atoms with Crippen LogP contribution in [0.5, 0.6) is 11.6 Å². The predicted octanol–water partition coefficient (Wildman–Crippen LogP) is 3.64. The van der Waals surface area contributed by atoms with Gasteiger partial charge in [0.25, 0.3) is 11.8 Å². The van der Waals surface area contributed by atoms with Gasteiger partial charge in [-0.3, -0.25) is 9.20 Å². The highest BCUT2D eigenvalue weighted by atomic mass is 19.1. The molecule has 34 heavy (non-hydrogen) atoms. The number of imidazole rings is 1. The Morgan fingerprint density at radius 3 is 2.76 bits per heavy atom. The zero-order valence-electron chi connectivity index (χ0n) is 18.4. The van der Waals surface area contributed by atoms with Gasteiger partial charge < -0.3 is 15.4 Å². The molecular formula is C25H21FN6O2. The molecule has 1 fully saturated rings. The molecule has 4 heterocycles. The minimum atomic E-state index is -0.539. The zero-order valence-corrected chi connectivity index (χ0v) is 18.4. The Kier molecular flexibility index (Phi) is 5.55. The first kappa shape index (κ1) is 21.4. The lowest BCUT2D eigenvalue weighted by molar-refractivity contribution is -0.124. The lowest BCUT2D eigenvalue weighted by Gasteiger charge is -2.12. The average molecular weight is 456 g/mol. The van der Waals surface area contributed by atoms with Gasteiger partial charge in [0, 0.05) is 37.0 Å². The summed E-state index contributed by atoms with van der Waals surface area (Å²) in [5.41, 5.74) is 8.72. The summed E-state index contributed by atoms with van der Waals surface area (Å²) < 4.78 is 21.2. The Morgan fingerprint density at radius 2 is 2.00 bits per heavy atom. The van der Waals surface area contributed by atoms with Crippen molar-refractivity contribution >= 4 is 17.4 Å². The number of likely N-dealkylation sites (tertiary alicyclic amines) is 1. The number of ether oxygens (including phenoxy) is 1. The monoisotopic (exact) mass is 456 g/mol. The number of rotatable bonds is 4. The molecule has 1 atom stereocenters. The summed E-state index contributed by atoms with van der Waals surface area (Å²) in [6.07, 6.45) is 3.90. The Balaban J connectivity index is 1.48. The third kappa shape index (κ3) is 3.90. The quantitative estimate of drug-likeness (QED) is 0.471. The Hall–Kier alpha value is -4.45. The Morgan fingerprint density at radius 1 is 1.18 bits per heavy atom. The van der Waals surface area contributed by atoms with Crippen molar-refractivity contribution in [3.63, 3.8) is 0 Å². The van der Waals surface area contributed by atoms with Gasteiger partial charge in [-0.05, 0) is 61.7 Å². The van der Waals surface area contributed by atoms with E-state index in [2.05, 4.69) is 21.8 Å². The van der Waals surface area contributed by atoms with Gasteiger partial charge in [0.05, 0.1) is 11.2 Å². The van der Waals surface area contributed by atoms with Crippen LogP contribution in [0.2, 0.25) is 0 Å². The number of benzene rings is 1. The molecule has 0 spiro atoms. The van der Waals surface area contributed by atoms with E-state index in [4.69, 9.17) is 15.5 Å². The van der Waals surface area contributed by atoms with Crippen molar-refractivity contribution in [2.24, 2.45) is 0 Å². The fraction of sp³-hybridized carbons (Fsp3) is 0.200. The van der Waals surface area contributed by atoms with Crippen molar-refractivity contribution in [2.75, 3.05) is 18.8 Å². The SMILES string of the molecule is CC#CC(=O)N1CCC(c2nc(-c3ccc(Oc4ncccc4F)cc3)n3c(N)nccc23)C1. The molecule has 9 heteroatoms. The largest absolute Gasteiger partial charge is 0.436 e. The van der Waals surface area contributed by atoms with Crippen molar-refractivity contribution in [2.45, 2.75) is 19.3 Å². The second-order valence-electron chi connectivity index (χ2n) is 7.87. The molecule has 0 saturated carbocycles. The number of pyridine rings is 1. The smallest absolute Gasteiger partial charge is 0.298 e. The van der Waals surface area contributed by atoms with Crippen LogP contribution < -0.4 is 10.5 Å². The number of anilines is 1. The molecule has 170 valence electrons. The summed E-state index contributed by atoms with van der Waals surface area (Å²) >= 11 is 0. The van der Waals surface area contributed by atoms with Gasteiger partial charge in [-0.25, -0.2) is 19.3 Å². The molecule has 1 aromatic carbocycles. The van der Waals surface area contributed by atoms with Gasteiger partial charge in [-0.2, -0.15) is 0 Å². The van der Waals surface area contributed by atoms with E-state index < -0.39 is 5.82 Å². The molecule has 3 aromatic heterocycles. The van der Waals surface area contributed by atoms with Crippen molar-refractivity contribution in [3.05, 3.63) is 66.4 Å². The first-order valence-corrected chi connectivity index (χ1v) is 10.8. The first-order valence-electron chi connectivity index (χ1n) is 10.8. The van der Waals surface area contributed by atoms with Crippen LogP contribution in [0.25, 0.3) is 16.9 Å². The fourth-order valence-electron chi connectivity index (χ4n) is 4.16. The van der Waals surface area contributed by atoms with Gasteiger partial charge >= 0.3 is 0 Å². The van der Waals surface area contributed by atoms with Crippen LogP contribution >= 0.6 is 0 Å². The van der Waals surface area contributed by atoms with Crippen LogP contribution in [0, 0.1) is 17.7 Å². The van der Waals surface area contributed by atoms with Gasteiger partial charge in [0.1, 0.15) is 11.6 Å².